The van der Waals surface area contributed by atoms with Crippen LogP contribution in [0, 0.1) is 5.82 Å². The average Bonchev–Trinajstić information content (AvgIpc) is 2.45. The monoisotopic (exact) mass is 338 g/mol. The van der Waals surface area contributed by atoms with Crippen LogP contribution in [0.2, 0.25) is 5.02 Å². The van der Waals surface area contributed by atoms with Crippen LogP contribution in [0.25, 0.3) is 6.08 Å². The minimum atomic E-state index is -3.86. The minimum Gasteiger partial charge on any atom is -0.288 e. The van der Waals surface area contributed by atoms with E-state index in [4.69, 9.17) is 11.6 Å². The van der Waals surface area contributed by atoms with Gasteiger partial charge in [-0.3, -0.25) is 4.79 Å². The number of rotatable bonds is 4. The number of benzene rings is 2. The lowest BCUT2D eigenvalue weighted by Crippen LogP contribution is -2.14. The Bertz CT molecular complexity index is 857. The molecule has 0 saturated heterocycles. The van der Waals surface area contributed by atoms with Gasteiger partial charge in [-0.25, -0.2) is 12.8 Å². The van der Waals surface area contributed by atoms with Crippen molar-refractivity contribution >= 4 is 33.3 Å². The van der Waals surface area contributed by atoms with Gasteiger partial charge in [-0.05, 0) is 29.8 Å². The molecule has 2 aromatic carbocycles. The molecule has 0 bridgehead atoms. The highest BCUT2D eigenvalue weighted by atomic mass is 35.5. The average molecular weight is 339 g/mol. The maximum Gasteiger partial charge on any atom is 0.207 e. The highest BCUT2D eigenvalue weighted by Crippen LogP contribution is 2.23. The highest BCUT2D eigenvalue weighted by Gasteiger charge is 2.24. The van der Waals surface area contributed by atoms with Crippen LogP contribution < -0.4 is 0 Å². The number of sulfone groups is 1. The zero-order valence-corrected chi connectivity index (χ0v) is 13.2. The van der Waals surface area contributed by atoms with Gasteiger partial charge in [0, 0.05) is 11.3 Å². The fourth-order valence-corrected chi connectivity index (χ4v) is 2.83. The fourth-order valence-electron chi connectivity index (χ4n) is 1.85. The largest absolute Gasteiger partial charge is 0.288 e. The Hall–Kier alpha value is -1.98. The Balaban J connectivity index is 2.61. The van der Waals surface area contributed by atoms with E-state index in [1.165, 1.54) is 18.2 Å². The second-order valence-corrected chi connectivity index (χ2v) is 7.00. The number of carbonyl (C=O) groups is 1. The van der Waals surface area contributed by atoms with Gasteiger partial charge in [-0.15, -0.1) is 0 Å². The van der Waals surface area contributed by atoms with Gasteiger partial charge in [0.2, 0.25) is 5.78 Å². The molecule has 0 N–H and O–H groups in total. The standard InChI is InChI=1S/C16H12ClFO3S/c1-22(20,21)15(10-11-6-2-4-8-13(11)17)16(19)12-7-3-5-9-14(12)18/h2-10H,1H3. The zero-order chi connectivity index (χ0) is 16.3. The van der Waals surface area contributed by atoms with Crippen LogP contribution in [0.4, 0.5) is 4.39 Å². The molecule has 0 unspecified atom stereocenters. The SMILES string of the molecule is CS(=O)(=O)C(=Cc1ccccc1Cl)C(=O)c1ccccc1F. The molecule has 0 fully saturated rings. The molecular weight excluding hydrogens is 327 g/mol. The minimum absolute atomic E-state index is 0.296. The van der Waals surface area contributed by atoms with Gasteiger partial charge in [0.15, 0.2) is 9.84 Å². The van der Waals surface area contributed by atoms with E-state index in [2.05, 4.69) is 0 Å². The summed E-state index contributed by atoms with van der Waals surface area (Å²) in [4.78, 5) is 11.9. The van der Waals surface area contributed by atoms with Gasteiger partial charge in [0.1, 0.15) is 10.7 Å². The maximum atomic E-state index is 13.7. The summed E-state index contributed by atoms with van der Waals surface area (Å²) in [6, 6.07) is 11.7. The van der Waals surface area contributed by atoms with Crippen LogP contribution in [-0.4, -0.2) is 20.5 Å². The van der Waals surface area contributed by atoms with Crippen molar-refractivity contribution in [2.45, 2.75) is 0 Å². The normalized spacial score (nSPS) is 12.2. The first-order valence-electron chi connectivity index (χ1n) is 6.26. The first-order chi connectivity index (χ1) is 10.3. The molecule has 0 saturated carbocycles. The second-order valence-electron chi connectivity index (χ2n) is 4.61. The molecule has 0 heterocycles. The van der Waals surface area contributed by atoms with Gasteiger partial charge in [-0.1, -0.05) is 41.9 Å². The summed E-state index contributed by atoms with van der Waals surface area (Å²) in [5, 5.41) is 0.296. The number of carbonyl (C=O) groups excluding carboxylic acids is 1. The third kappa shape index (κ3) is 3.61. The Morgan fingerprint density at radius 1 is 1.09 bits per heavy atom. The lowest BCUT2D eigenvalue weighted by Gasteiger charge is -2.07. The number of hydrogen-bond donors (Lipinski definition) is 0. The lowest BCUT2D eigenvalue weighted by molar-refractivity contribution is 0.103. The Kier molecular flexibility index (Phi) is 4.78. The molecule has 2 rings (SSSR count). The van der Waals surface area contributed by atoms with Gasteiger partial charge in [0.05, 0.1) is 5.56 Å². The molecular formula is C16H12ClFO3S. The third-order valence-corrected chi connectivity index (χ3v) is 4.38. The Labute approximate surface area is 133 Å². The molecule has 3 nitrogen and oxygen atoms in total. The van der Waals surface area contributed by atoms with E-state index >= 15 is 0 Å². The van der Waals surface area contributed by atoms with Crippen molar-refractivity contribution in [1.29, 1.82) is 0 Å². The van der Waals surface area contributed by atoms with E-state index in [1.807, 2.05) is 0 Å². The van der Waals surface area contributed by atoms with Crippen LogP contribution in [0.3, 0.4) is 0 Å². The number of ketones is 1. The molecule has 22 heavy (non-hydrogen) atoms. The Morgan fingerprint density at radius 3 is 2.27 bits per heavy atom. The van der Waals surface area contributed by atoms with E-state index in [-0.39, 0.29) is 5.56 Å². The zero-order valence-electron chi connectivity index (χ0n) is 11.6. The van der Waals surface area contributed by atoms with Gasteiger partial charge in [0.25, 0.3) is 0 Å². The molecule has 0 aliphatic rings. The summed E-state index contributed by atoms with van der Waals surface area (Å²) >= 11 is 5.98. The summed E-state index contributed by atoms with van der Waals surface area (Å²) in [6.45, 7) is 0. The molecule has 0 spiro atoms. The van der Waals surface area contributed by atoms with Crippen molar-refractivity contribution in [2.24, 2.45) is 0 Å². The van der Waals surface area contributed by atoms with Crippen LogP contribution in [-0.2, 0) is 9.84 Å². The first-order valence-corrected chi connectivity index (χ1v) is 8.53. The number of allylic oxidation sites excluding steroid dienone is 1. The molecule has 114 valence electrons. The number of Topliss-reactive ketones (excluding diaryl/α,β-unsaturated/α-hetero) is 1. The van der Waals surface area contributed by atoms with Crippen LogP contribution in [0.5, 0.6) is 0 Å². The lowest BCUT2D eigenvalue weighted by atomic mass is 10.1. The van der Waals surface area contributed by atoms with Gasteiger partial charge < -0.3 is 0 Å². The van der Waals surface area contributed by atoms with Gasteiger partial charge in [-0.2, -0.15) is 0 Å². The molecule has 0 aliphatic heterocycles. The molecule has 0 amide bonds. The van der Waals surface area contributed by atoms with E-state index in [0.29, 0.717) is 10.6 Å². The van der Waals surface area contributed by atoms with Crippen LogP contribution >= 0.6 is 11.6 Å². The fraction of sp³-hybridized carbons (Fsp3) is 0.0625. The van der Waals surface area contributed by atoms with E-state index in [9.17, 15) is 17.6 Å². The molecule has 0 aromatic heterocycles. The summed E-state index contributed by atoms with van der Waals surface area (Å²) in [7, 11) is -3.86. The van der Waals surface area contributed by atoms with Crippen molar-refractivity contribution in [3.05, 3.63) is 75.4 Å². The highest BCUT2D eigenvalue weighted by molar-refractivity contribution is 7.95. The van der Waals surface area contributed by atoms with Crippen molar-refractivity contribution in [3.63, 3.8) is 0 Å². The van der Waals surface area contributed by atoms with Crippen LogP contribution in [0.15, 0.2) is 53.4 Å². The summed E-state index contributed by atoms with van der Waals surface area (Å²) < 4.78 is 37.6. The quantitative estimate of drug-likeness (QED) is 0.630. The number of halogens is 2. The topological polar surface area (TPSA) is 51.2 Å². The summed E-state index contributed by atoms with van der Waals surface area (Å²) in [5.41, 5.74) is 0.0699. The molecule has 2 aromatic rings. The van der Waals surface area contributed by atoms with E-state index < -0.39 is 26.3 Å². The smallest absolute Gasteiger partial charge is 0.207 e. The summed E-state index contributed by atoms with van der Waals surface area (Å²) in [6.07, 6.45) is 2.06. The third-order valence-electron chi connectivity index (χ3n) is 2.93. The Morgan fingerprint density at radius 2 is 1.68 bits per heavy atom. The van der Waals surface area contributed by atoms with E-state index in [0.717, 1.165) is 18.4 Å². The second kappa shape index (κ2) is 6.42. The predicted molar refractivity (Wildman–Crippen MR) is 85.0 cm³/mol. The molecule has 0 aliphatic carbocycles. The summed E-state index contributed by atoms with van der Waals surface area (Å²) in [5.74, 6) is -1.68. The molecule has 0 radical (unpaired) electrons. The molecule has 6 heteroatoms. The van der Waals surface area contributed by atoms with Crippen molar-refractivity contribution in [2.75, 3.05) is 6.26 Å². The molecule has 0 atom stereocenters. The maximum absolute atomic E-state index is 13.7. The van der Waals surface area contributed by atoms with E-state index in [1.54, 1.807) is 24.3 Å². The van der Waals surface area contributed by atoms with Crippen molar-refractivity contribution in [1.82, 2.24) is 0 Å². The first kappa shape index (κ1) is 16.4. The van der Waals surface area contributed by atoms with Crippen LogP contribution in [0.1, 0.15) is 15.9 Å². The predicted octanol–water partition coefficient (Wildman–Crippen LogP) is 3.75. The van der Waals surface area contributed by atoms with Crippen molar-refractivity contribution < 1.29 is 17.6 Å². The van der Waals surface area contributed by atoms with Crippen molar-refractivity contribution in [3.8, 4) is 0 Å². The number of hydrogen-bond acceptors (Lipinski definition) is 3. The van der Waals surface area contributed by atoms with Gasteiger partial charge >= 0.3 is 0 Å².